The van der Waals surface area contributed by atoms with E-state index in [1.807, 2.05) is 25.1 Å². The maximum absolute atomic E-state index is 6.17. The van der Waals surface area contributed by atoms with Gasteiger partial charge in [-0.1, -0.05) is 29.3 Å². The topological polar surface area (TPSA) is 38.9 Å². The molecule has 0 amide bonds. The van der Waals surface area contributed by atoms with Crippen LogP contribution in [0.4, 0.5) is 0 Å². The standard InChI is InChI=1S/C13H12Cl2N2/c1-8-6-10(4-5-17-8)13(16)9-2-3-11(14)12(15)7-9/h2-7,13H,16H2,1H3. The molecular weight excluding hydrogens is 255 g/mol. The van der Waals surface area contributed by atoms with Crippen molar-refractivity contribution < 1.29 is 0 Å². The van der Waals surface area contributed by atoms with Gasteiger partial charge >= 0.3 is 0 Å². The molecule has 1 aromatic carbocycles. The molecule has 1 heterocycles. The third-order valence-corrected chi connectivity index (χ3v) is 3.32. The van der Waals surface area contributed by atoms with Crippen LogP contribution in [0.25, 0.3) is 0 Å². The summed E-state index contributed by atoms with van der Waals surface area (Å²) in [5, 5.41) is 1.05. The minimum absolute atomic E-state index is 0.216. The summed E-state index contributed by atoms with van der Waals surface area (Å²) in [5.41, 5.74) is 9.06. The Hall–Kier alpha value is -1.09. The molecule has 0 aliphatic rings. The summed E-state index contributed by atoms with van der Waals surface area (Å²) in [6.45, 7) is 1.94. The van der Waals surface area contributed by atoms with E-state index in [0.717, 1.165) is 16.8 Å². The number of halogens is 2. The van der Waals surface area contributed by atoms with Crippen molar-refractivity contribution in [1.29, 1.82) is 0 Å². The average Bonchev–Trinajstić information content (AvgIpc) is 2.32. The van der Waals surface area contributed by atoms with Gasteiger partial charge in [0.1, 0.15) is 0 Å². The Labute approximate surface area is 110 Å². The van der Waals surface area contributed by atoms with Gasteiger partial charge in [0.05, 0.1) is 16.1 Å². The van der Waals surface area contributed by atoms with E-state index in [-0.39, 0.29) is 6.04 Å². The average molecular weight is 267 g/mol. The van der Waals surface area contributed by atoms with E-state index in [0.29, 0.717) is 10.0 Å². The number of aromatic nitrogens is 1. The molecule has 0 fully saturated rings. The SMILES string of the molecule is Cc1cc(C(N)c2ccc(Cl)c(Cl)c2)ccn1. The molecule has 2 nitrogen and oxygen atoms in total. The Morgan fingerprint density at radius 1 is 1.06 bits per heavy atom. The van der Waals surface area contributed by atoms with Gasteiger partial charge in [-0.2, -0.15) is 0 Å². The number of benzene rings is 1. The van der Waals surface area contributed by atoms with Gasteiger partial charge in [-0.15, -0.1) is 0 Å². The van der Waals surface area contributed by atoms with Gasteiger partial charge in [-0.3, -0.25) is 4.98 Å². The van der Waals surface area contributed by atoms with Gasteiger partial charge in [-0.05, 0) is 42.3 Å². The largest absolute Gasteiger partial charge is 0.320 e. The van der Waals surface area contributed by atoms with Gasteiger partial charge in [-0.25, -0.2) is 0 Å². The first-order valence-corrected chi connectivity index (χ1v) is 5.96. The van der Waals surface area contributed by atoms with Gasteiger partial charge < -0.3 is 5.73 Å². The molecule has 2 aromatic rings. The maximum atomic E-state index is 6.17. The number of nitrogens with zero attached hydrogens (tertiary/aromatic N) is 1. The third kappa shape index (κ3) is 2.78. The second-order valence-corrected chi connectivity index (χ2v) is 4.70. The van der Waals surface area contributed by atoms with Gasteiger partial charge in [0, 0.05) is 11.9 Å². The molecule has 0 aliphatic carbocycles. The summed E-state index contributed by atoms with van der Waals surface area (Å²) in [5.74, 6) is 0. The van der Waals surface area contributed by atoms with Crippen molar-refractivity contribution in [2.24, 2.45) is 5.73 Å². The zero-order valence-corrected chi connectivity index (χ0v) is 10.8. The minimum atomic E-state index is -0.216. The molecule has 17 heavy (non-hydrogen) atoms. The van der Waals surface area contributed by atoms with Crippen LogP contribution in [0.1, 0.15) is 22.9 Å². The summed E-state index contributed by atoms with van der Waals surface area (Å²) in [6, 6.07) is 9.09. The highest BCUT2D eigenvalue weighted by molar-refractivity contribution is 6.42. The summed E-state index contributed by atoms with van der Waals surface area (Å²) >= 11 is 11.9. The number of rotatable bonds is 2. The maximum Gasteiger partial charge on any atom is 0.0595 e. The highest BCUT2D eigenvalue weighted by atomic mass is 35.5. The molecule has 0 spiro atoms. The van der Waals surface area contributed by atoms with Crippen LogP contribution in [0.2, 0.25) is 10.0 Å². The monoisotopic (exact) mass is 266 g/mol. The first-order valence-electron chi connectivity index (χ1n) is 5.21. The molecular formula is C13H12Cl2N2. The van der Waals surface area contributed by atoms with Crippen LogP contribution in [0.15, 0.2) is 36.5 Å². The molecule has 1 aromatic heterocycles. The summed E-state index contributed by atoms with van der Waals surface area (Å²) in [6.07, 6.45) is 1.75. The van der Waals surface area contributed by atoms with Crippen molar-refractivity contribution in [2.75, 3.05) is 0 Å². The fourth-order valence-electron chi connectivity index (χ4n) is 1.66. The van der Waals surface area contributed by atoms with Crippen LogP contribution < -0.4 is 5.73 Å². The Morgan fingerprint density at radius 3 is 2.41 bits per heavy atom. The first-order chi connectivity index (χ1) is 8.08. The van der Waals surface area contributed by atoms with Crippen LogP contribution in [0, 0.1) is 6.92 Å². The zero-order valence-electron chi connectivity index (χ0n) is 9.32. The number of hydrogen-bond donors (Lipinski definition) is 1. The quantitative estimate of drug-likeness (QED) is 0.900. The number of hydrogen-bond acceptors (Lipinski definition) is 2. The Bertz CT molecular complexity index is 541. The Morgan fingerprint density at radius 2 is 1.76 bits per heavy atom. The molecule has 0 saturated heterocycles. The van der Waals surface area contributed by atoms with Crippen molar-refractivity contribution >= 4 is 23.2 Å². The Kier molecular flexibility index (Phi) is 3.67. The smallest absolute Gasteiger partial charge is 0.0595 e. The van der Waals surface area contributed by atoms with Crippen molar-refractivity contribution in [3.63, 3.8) is 0 Å². The van der Waals surface area contributed by atoms with Crippen LogP contribution in [0.5, 0.6) is 0 Å². The lowest BCUT2D eigenvalue weighted by atomic mass is 10.00. The molecule has 1 unspecified atom stereocenters. The lowest BCUT2D eigenvalue weighted by Gasteiger charge is -2.13. The van der Waals surface area contributed by atoms with Crippen molar-refractivity contribution in [1.82, 2.24) is 4.98 Å². The lowest BCUT2D eigenvalue weighted by Crippen LogP contribution is -2.12. The second-order valence-electron chi connectivity index (χ2n) is 3.88. The number of aryl methyl sites for hydroxylation is 1. The van der Waals surface area contributed by atoms with E-state index in [4.69, 9.17) is 28.9 Å². The number of nitrogens with two attached hydrogens (primary N) is 1. The van der Waals surface area contributed by atoms with E-state index in [1.54, 1.807) is 18.3 Å². The van der Waals surface area contributed by atoms with E-state index < -0.39 is 0 Å². The third-order valence-electron chi connectivity index (χ3n) is 2.58. The summed E-state index contributed by atoms with van der Waals surface area (Å²) < 4.78 is 0. The predicted octanol–water partition coefficient (Wildman–Crippen LogP) is 3.74. The molecule has 2 N–H and O–H groups in total. The van der Waals surface area contributed by atoms with Crippen LogP contribution in [-0.2, 0) is 0 Å². The van der Waals surface area contributed by atoms with E-state index >= 15 is 0 Å². The van der Waals surface area contributed by atoms with Crippen molar-refractivity contribution in [2.45, 2.75) is 13.0 Å². The normalized spacial score (nSPS) is 12.5. The second kappa shape index (κ2) is 5.05. The van der Waals surface area contributed by atoms with Gasteiger partial charge in [0.2, 0.25) is 0 Å². The van der Waals surface area contributed by atoms with E-state index in [9.17, 15) is 0 Å². The molecule has 1 atom stereocenters. The van der Waals surface area contributed by atoms with Crippen LogP contribution in [-0.4, -0.2) is 4.98 Å². The van der Waals surface area contributed by atoms with E-state index in [2.05, 4.69) is 4.98 Å². The van der Waals surface area contributed by atoms with Gasteiger partial charge in [0.25, 0.3) is 0 Å². The van der Waals surface area contributed by atoms with E-state index in [1.165, 1.54) is 0 Å². The molecule has 0 bridgehead atoms. The van der Waals surface area contributed by atoms with Crippen molar-refractivity contribution in [3.8, 4) is 0 Å². The first kappa shape index (κ1) is 12.4. The highest BCUT2D eigenvalue weighted by Crippen LogP contribution is 2.27. The summed E-state index contributed by atoms with van der Waals surface area (Å²) in [7, 11) is 0. The molecule has 0 saturated carbocycles. The van der Waals surface area contributed by atoms with Crippen LogP contribution in [0.3, 0.4) is 0 Å². The summed E-state index contributed by atoms with van der Waals surface area (Å²) in [4.78, 5) is 4.14. The lowest BCUT2D eigenvalue weighted by molar-refractivity contribution is 0.864. The predicted molar refractivity (Wildman–Crippen MR) is 71.5 cm³/mol. The highest BCUT2D eigenvalue weighted by Gasteiger charge is 2.10. The molecule has 2 rings (SSSR count). The fourth-order valence-corrected chi connectivity index (χ4v) is 1.97. The molecule has 4 heteroatoms. The fraction of sp³-hybridized carbons (Fsp3) is 0.154. The van der Waals surface area contributed by atoms with Crippen molar-refractivity contribution in [3.05, 3.63) is 63.4 Å². The minimum Gasteiger partial charge on any atom is -0.320 e. The van der Waals surface area contributed by atoms with Crippen LogP contribution >= 0.6 is 23.2 Å². The van der Waals surface area contributed by atoms with Gasteiger partial charge in [0.15, 0.2) is 0 Å². The molecule has 0 radical (unpaired) electrons. The molecule has 88 valence electrons. The zero-order chi connectivity index (χ0) is 12.4. The molecule has 0 aliphatic heterocycles. The Balaban J connectivity index is 2.36. The number of pyridine rings is 1.